The second-order valence-corrected chi connectivity index (χ2v) is 16.5. The van der Waals surface area contributed by atoms with Crippen LogP contribution < -0.4 is 18.9 Å². The van der Waals surface area contributed by atoms with Crippen LogP contribution in [-0.2, 0) is 27.3 Å². The number of hydrogen-bond donors (Lipinski definition) is 0. The average molecular weight is 843 g/mol. The predicted molar refractivity (Wildman–Crippen MR) is 212 cm³/mol. The number of hydrogen-bond acceptors (Lipinski definition) is 10. The molecule has 278 valence electrons. The van der Waals surface area contributed by atoms with E-state index in [2.05, 4.69) is 32.5 Å². The molecular weight excluding hydrogens is 803 g/mol. The third-order valence-electron chi connectivity index (χ3n) is 8.33. The molecule has 5 aromatic rings. The Morgan fingerprint density at radius 2 is 1.79 bits per heavy atom. The van der Waals surface area contributed by atoms with Gasteiger partial charge in [0.05, 0.1) is 32.4 Å². The van der Waals surface area contributed by atoms with Gasteiger partial charge in [-0.15, -0.1) is 17.9 Å². The normalized spacial score (nSPS) is 15.9. The number of aromatic nitrogens is 2. The highest BCUT2D eigenvalue weighted by Crippen LogP contribution is 2.52. The fraction of sp³-hybridized carbons (Fsp3) is 0.325. The Balaban J connectivity index is 1.54. The summed E-state index contributed by atoms with van der Waals surface area (Å²) in [5.41, 5.74) is 3.74. The van der Waals surface area contributed by atoms with Crippen molar-refractivity contribution in [1.82, 2.24) is 9.97 Å². The third kappa shape index (κ3) is 8.92. The molecule has 0 saturated carbocycles. The molecule has 0 radical (unpaired) electrons. The van der Waals surface area contributed by atoms with E-state index in [0.29, 0.717) is 67.4 Å². The van der Waals surface area contributed by atoms with E-state index in [1.807, 2.05) is 77.1 Å². The highest BCUT2D eigenvalue weighted by Gasteiger charge is 2.33. The summed E-state index contributed by atoms with van der Waals surface area (Å²) in [6, 6.07) is 15.3. The van der Waals surface area contributed by atoms with Crippen LogP contribution in [0.4, 0.5) is 0 Å². The number of rotatable bonds is 8. The van der Waals surface area contributed by atoms with Crippen molar-refractivity contribution in [2.45, 2.75) is 65.5 Å². The SMILES string of the molecule is C=CCOC[C@@H]1COc2ccc(OCc3ccccc3)c(c2)C[C@H](C(=O)OC(C)(C)C)Oc2ncnc3sc(Br)c(c23)-c2c(C)c(Cl)c(c(Cl)c2C)O1. The van der Waals surface area contributed by atoms with Crippen LogP contribution in [-0.4, -0.2) is 53.6 Å². The van der Waals surface area contributed by atoms with Crippen LogP contribution in [0.25, 0.3) is 21.3 Å². The van der Waals surface area contributed by atoms with E-state index in [-0.39, 0.29) is 25.5 Å². The van der Waals surface area contributed by atoms with Crippen molar-refractivity contribution in [3.63, 3.8) is 0 Å². The number of carbonyl (C=O) groups excluding carboxylic acids is 1. The standard InChI is InChI=1S/C40H39BrCl2N2O7S/c1-7-15-47-19-27-20-48-26-13-14-28(49-18-24-11-9-8-10-12-24)25(16-26)17-29(39(46)52-40(4,5)6)51-37-32-31(36(41)53-38(32)45-21-44-37)30-22(2)33(42)35(50-27)34(43)23(30)3/h7-14,16,21,27,29H,1,15,17-20H2,2-6H3/t27-,29-/m1/s1. The van der Waals surface area contributed by atoms with Crippen LogP contribution in [0.3, 0.4) is 0 Å². The number of carbonyl (C=O) groups is 1. The smallest absolute Gasteiger partial charge is 0.348 e. The summed E-state index contributed by atoms with van der Waals surface area (Å²) >= 11 is 19.4. The van der Waals surface area contributed by atoms with E-state index in [4.69, 9.17) is 51.6 Å². The summed E-state index contributed by atoms with van der Waals surface area (Å²) in [6.07, 6.45) is 1.37. The fourth-order valence-corrected chi connectivity index (χ4v) is 8.16. The van der Waals surface area contributed by atoms with Gasteiger partial charge < -0.3 is 28.4 Å². The number of nitrogens with zero attached hydrogens (tertiary/aromatic N) is 2. The Morgan fingerprint density at radius 1 is 1.06 bits per heavy atom. The minimum atomic E-state index is -1.15. The van der Waals surface area contributed by atoms with Crippen LogP contribution >= 0.6 is 50.5 Å². The molecule has 3 aromatic carbocycles. The lowest BCUT2D eigenvalue weighted by Crippen LogP contribution is -2.37. The van der Waals surface area contributed by atoms with Crippen LogP contribution in [0, 0.1) is 13.8 Å². The maximum absolute atomic E-state index is 14.0. The zero-order valence-corrected chi connectivity index (χ0v) is 33.9. The summed E-state index contributed by atoms with van der Waals surface area (Å²) < 4.78 is 38.3. The highest BCUT2D eigenvalue weighted by atomic mass is 79.9. The molecule has 0 fully saturated rings. The van der Waals surface area contributed by atoms with Gasteiger partial charge in [-0.3, -0.25) is 0 Å². The highest BCUT2D eigenvalue weighted by molar-refractivity contribution is 9.11. The fourth-order valence-electron chi connectivity index (χ4n) is 5.92. The number of thiophene rings is 1. The van der Waals surface area contributed by atoms with Crippen LogP contribution in [0.15, 0.2) is 71.3 Å². The first-order chi connectivity index (χ1) is 25.3. The summed E-state index contributed by atoms with van der Waals surface area (Å²) in [7, 11) is 0. The second-order valence-electron chi connectivity index (χ2n) is 13.5. The molecule has 0 saturated heterocycles. The first-order valence-electron chi connectivity index (χ1n) is 16.9. The van der Waals surface area contributed by atoms with Crippen LogP contribution in [0.1, 0.15) is 43.0 Å². The van der Waals surface area contributed by atoms with E-state index < -0.39 is 23.8 Å². The summed E-state index contributed by atoms with van der Waals surface area (Å²) in [5.74, 6) is 0.981. The second kappa shape index (κ2) is 16.7. The van der Waals surface area contributed by atoms with E-state index in [1.54, 1.807) is 12.1 Å². The molecule has 13 heteroatoms. The van der Waals surface area contributed by atoms with E-state index in [1.165, 1.54) is 17.7 Å². The van der Waals surface area contributed by atoms with Gasteiger partial charge in [0.25, 0.3) is 0 Å². The van der Waals surface area contributed by atoms with Crippen molar-refractivity contribution in [1.29, 1.82) is 0 Å². The van der Waals surface area contributed by atoms with Crippen LogP contribution in [0.5, 0.6) is 23.1 Å². The topological polar surface area (TPSA) is 98.2 Å². The zero-order valence-electron chi connectivity index (χ0n) is 30.0. The average Bonchev–Trinajstić information content (AvgIpc) is 3.46. The minimum Gasteiger partial charge on any atom is -0.490 e. The molecule has 4 heterocycles. The quantitative estimate of drug-likeness (QED) is 0.0859. The van der Waals surface area contributed by atoms with Gasteiger partial charge in [0, 0.05) is 17.5 Å². The van der Waals surface area contributed by atoms with Crippen molar-refractivity contribution in [3.05, 3.63) is 104 Å². The molecule has 0 unspecified atom stereocenters. The van der Waals surface area contributed by atoms with Gasteiger partial charge in [0.15, 0.2) is 11.9 Å². The molecule has 2 aliphatic heterocycles. The first-order valence-corrected chi connectivity index (χ1v) is 19.3. The van der Waals surface area contributed by atoms with Crippen molar-refractivity contribution in [2.24, 2.45) is 0 Å². The van der Waals surface area contributed by atoms with E-state index >= 15 is 0 Å². The summed E-state index contributed by atoms with van der Waals surface area (Å²) in [5, 5.41) is 1.24. The Labute approximate surface area is 331 Å². The molecule has 53 heavy (non-hydrogen) atoms. The number of ether oxygens (including phenoxy) is 6. The van der Waals surface area contributed by atoms with Gasteiger partial charge in [-0.2, -0.15) is 0 Å². The lowest BCUT2D eigenvalue weighted by molar-refractivity contribution is -0.163. The van der Waals surface area contributed by atoms with Crippen molar-refractivity contribution in [2.75, 3.05) is 19.8 Å². The first kappa shape index (κ1) is 38.8. The lowest BCUT2D eigenvalue weighted by Gasteiger charge is -2.25. The van der Waals surface area contributed by atoms with Gasteiger partial charge in [0.1, 0.15) is 41.5 Å². The molecule has 7 rings (SSSR count). The Bertz CT molecular complexity index is 2110. The van der Waals surface area contributed by atoms with Gasteiger partial charge >= 0.3 is 5.97 Å². The van der Waals surface area contributed by atoms with Gasteiger partial charge in [-0.05, 0) is 91.0 Å². The Kier molecular flexibility index (Phi) is 12.2. The van der Waals surface area contributed by atoms with Crippen molar-refractivity contribution < 1.29 is 33.2 Å². The molecule has 2 atom stereocenters. The molecular formula is C40H39BrCl2N2O7S. The van der Waals surface area contributed by atoms with Crippen molar-refractivity contribution >= 4 is 66.7 Å². The number of fused-ring (bicyclic) bond motifs is 7. The third-order valence-corrected chi connectivity index (χ3v) is 11.0. The minimum absolute atomic E-state index is 0.0642. The Hall–Kier alpha value is -3.87. The van der Waals surface area contributed by atoms with Crippen molar-refractivity contribution in [3.8, 4) is 34.3 Å². The molecule has 0 amide bonds. The zero-order chi connectivity index (χ0) is 37.9. The van der Waals surface area contributed by atoms with Gasteiger partial charge in [-0.25, -0.2) is 14.8 Å². The van der Waals surface area contributed by atoms with Crippen LogP contribution in [0.2, 0.25) is 10.0 Å². The van der Waals surface area contributed by atoms with E-state index in [9.17, 15) is 4.79 Å². The largest absolute Gasteiger partial charge is 0.490 e. The summed E-state index contributed by atoms with van der Waals surface area (Å²) in [6.45, 7) is 13.8. The number of benzene rings is 3. The maximum atomic E-state index is 14.0. The van der Waals surface area contributed by atoms with Gasteiger partial charge in [-0.1, -0.05) is 59.6 Å². The monoisotopic (exact) mass is 840 g/mol. The predicted octanol–water partition coefficient (Wildman–Crippen LogP) is 10.3. The van der Waals surface area contributed by atoms with E-state index in [0.717, 1.165) is 20.5 Å². The van der Waals surface area contributed by atoms with Gasteiger partial charge in [0.2, 0.25) is 12.0 Å². The maximum Gasteiger partial charge on any atom is 0.348 e. The molecule has 4 bridgehead atoms. The molecule has 2 aliphatic rings. The lowest BCUT2D eigenvalue weighted by atomic mass is 9.95. The molecule has 0 N–H and O–H groups in total. The number of esters is 1. The Morgan fingerprint density at radius 3 is 2.49 bits per heavy atom. The molecule has 0 spiro atoms. The molecule has 0 aliphatic carbocycles. The molecule has 2 aromatic heterocycles. The molecule has 9 nitrogen and oxygen atoms in total. The number of halogens is 3. The summed E-state index contributed by atoms with van der Waals surface area (Å²) in [4.78, 5) is 23.8.